The Bertz CT molecular complexity index is 743. The number of amides is 1. The first kappa shape index (κ1) is 14.7. The molecule has 0 spiro atoms. The van der Waals surface area contributed by atoms with E-state index >= 15 is 0 Å². The molecule has 5 heteroatoms. The summed E-state index contributed by atoms with van der Waals surface area (Å²) in [7, 11) is 0. The lowest BCUT2D eigenvalue weighted by Gasteiger charge is -2.15. The number of anilines is 1. The monoisotopic (exact) mass is 339 g/mol. The Kier molecular flexibility index (Phi) is 3.87. The maximum atomic E-state index is 11.4. The minimum Gasteiger partial charge on any atom is -0.325 e. The average Bonchev–Trinajstić information content (AvgIpc) is 2.79. The molecule has 0 aliphatic carbocycles. The van der Waals surface area contributed by atoms with Gasteiger partial charge in [0.2, 0.25) is 5.91 Å². The number of hydrogen-bond acceptors (Lipinski definition) is 1. The van der Waals surface area contributed by atoms with Crippen LogP contribution in [0.25, 0.3) is 0 Å². The van der Waals surface area contributed by atoms with E-state index in [1.165, 1.54) is 0 Å². The summed E-state index contributed by atoms with van der Waals surface area (Å²) in [6, 6.07) is 9.33. The zero-order chi connectivity index (χ0) is 15.1. The first-order valence-corrected chi connectivity index (χ1v) is 7.67. The fourth-order valence-corrected chi connectivity index (χ4v) is 3.23. The molecular weight excluding hydrogens is 329 g/mol. The Morgan fingerprint density at radius 1 is 1.14 bits per heavy atom. The van der Waals surface area contributed by atoms with Crippen molar-refractivity contribution in [3.05, 3.63) is 62.6 Å². The van der Waals surface area contributed by atoms with Gasteiger partial charge in [0.25, 0.3) is 0 Å². The molecular formula is C16H12Cl3NO. The second-order valence-electron chi connectivity index (χ2n) is 5.13. The Morgan fingerprint density at radius 2 is 1.90 bits per heavy atom. The van der Waals surface area contributed by atoms with E-state index in [1.807, 2.05) is 31.2 Å². The standard InChI is InChI=1S/C16H12Cl3NO/c1-8-4-9(2-3-12(8)17)16(19)11-5-10-6-15(21)20-14(10)7-13(11)18/h2-5,7,16H,6H2,1H3,(H,20,21). The molecule has 3 rings (SSSR count). The van der Waals surface area contributed by atoms with Gasteiger partial charge in [0, 0.05) is 15.7 Å². The van der Waals surface area contributed by atoms with Crippen LogP contribution in [0, 0.1) is 6.92 Å². The summed E-state index contributed by atoms with van der Waals surface area (Å²) < 4.78 is 0. The van der Waals surface area contributed by atoms with Crippen molar-refractivity contribution < 1.29 is 4.79 Å². The zero-order valence-corrected chi connectivity index (χ0v) is 13.5. The number of aryl methyl sites for hydroxylation is 1. The molecule has 2 aromatic rings. The van der Waals surface area contributed by atoms with Crippen LogP contribution in [0.4, 0.5) is 5.69 Å². The quantitative estimate of drug-likeness (QED) is 0.755. The summed E-state index contributed by atoms with van der Waals surface area (Å²) in [4.78, 5) is 11.4. The number of fused-ring (bicyclic) bond motifs is 1. The third kappa shape index (κ3) is 2.76. The van der Waals surface area contributed by atoms with Crippen LogP contribution < -0.4 is 5.32 Å². The molecule has 2 nitrogen and oxygen atoms in total. The van der Waals surface area contributed by atoms with Crippen LogP contribution in [0.15, 0.2) is 30.3 Å². The molecule has 0 fully saturated rings. The molecule has 0 radical (unpaired) electrons. The summed E-state index contributed by atoms with van der Waals surface area (Å²) in [5.41, 5.74) is 4.39. The topological polar surface area (TPSA) is 29.1 Å². The van der Waals surface area contributed by atoms with Crippen LogP contribution in [0.1, 0.15) is 27.6 Å². The third-order valence-electron chi connectivity index (χ3n) is 3.60. The van der Waals surface area contributed by atoms with Crippen LogP contribution in [0.5, 0.6) is 0 Å². The molecule has 1 unspecified atom stereocenters. The minimum atomic E-state index is -0.380. The maximum Gasteiger partial charge on any atom is 0.228 e. The Labute approximate surface area is 138 Å². The van der Waals surface area contributed by atoms with Gasteiger partial charge in [-0.05, 0) is 47.4 Å². The van der Waals surface area contributed by atoms with Gasteiger partial charge in [0.05, 0.1) is 11.8 Å². The van der Waals surface area contributed by atoms with E-state index in [0.29, 0.717) is 16.5 Å². The van der Waals surface area contributed by atoms with Crippen molar-refractivity contribution in [3.63, 3.8) is 0 Å². The highest BCUT2D eigenvalue weighted by Gasteiger charge is 2.23. The predicted octanol–water partition coefficient (Wildman–Crippen LogP) is 5.12. The Hall–Kier alpha value is -1.22. The van der Waals surface area contributed by atoms with Gasteiger partial charge in [-0.15, -0.1) is 11.6 Å². The molecule has 2 aromatic carbocycles. The SMILES string of the molecule is Cc1cc(C(Cl)c2cc3c(cc2Cl)NC(=O)C3)ccc1Cl. The molecule has 0 aromatic heterocycles. The Morgan fingerprint density at radius 3 is 2.62 bits per heavy atom. The Balaban J connectivity index is 2.02. The van der Waals surface area contributed by atoms with Crippen molar-refractivity contribution in [3.8, 4) is 0 Å². The normalized spacial score (nSPS) is 14.8. The van der Waals surface area contributed by atoms with E-state index in [1.54, 1.807) is 6.07 Å². The van der Waals surface area contributed by atoms with Crippen LogP contribution in [-0.2, 0) is 11.2 Å². The van der Waals surface area contributed by atoms with Crippen LogP contribution in [0.3, 0.4) is 0 Å². The van der Waals surface area contributed by atoms with Crippen molar-refractivity contribution >= 4 is 46.4 Å². The number of nitrogens with one attached hydrogen (secondary N) is 1. The van der Waals surface area contributed by atoms with Crippen LogP contribution >= 0.6 is 34.8 Å². The van der Waals surface area contributed by atoms with Crippen molar-refractivity contribution in [2.24, 2.45) is 0 Å². The lowest BCUT2D eigenvalue weighted by Crippen LogP contribution is -2.03. The van der Waals surface area contributed by atoms with E-state index in [-0.39, 0.29) is 11.3 Å². The number of benzene rings is 2. The fourth-order valence-electron chi connectivity index (χ4n) is 2.47. The van der Waals surface area contributed by atoms with Crippen molar-refractivity contribution in [1.29, 1.82) is 0 Å². The first-order valence-electron chi connectivity index (χ1n) is 6.48. The van der Waals surface area contributed by atoms with Gasteiger partial charge in [-0.25, -0.2) is 0 Å². The van der Waals surface area contributed by atoms with Gasteiger partial charge in [-0.3, -0.25) is 4.79 Å². The highest BCUT2D eigenvalue weighted by Crippen LogP contribution is 2.39. The lowest BCUT2D eigenvalue weighted by molar-refractivity contribution is -0.115. The number of carbonyl (C=O) groups is 1. The second kappa shape index (κ2) is 5.53. The van der Waals surface area contributed by atoms with Crippen molar-refractivity contribution in [1.82, 2.24) is 0 Å². The number of halogens is 3. The molecule has 1 N–H and O–H groups in total. The van der Waals surface area contributed by atoms with E-state index in [4.69, 9.17) is 34.8 Å². The summed E-state index contributed by atoms with van der Waals surface area (Å²) in [6.45, 7) is 1.93. The lowest BCUT2D eigenvalue weighted by atomic mass is 9.99. The number of rotatable bonds is 2. The molecule has 0 saturated carbocycles. The van der Waals surface area contributed by atoms with E-state index in [0.717, 1.165) is 27.9 Å². The average molecular weight is 341 g/mol. The summed E-state index contributed by atoms with van der Waals surface area (Å²) in [6.07, 6.45) is 0.364. The third-order valence-corrected chi connectivity index (χ3v) is 4.83. The number of hydrogen-bond donors (Lipinski definition) is 1. The summed E-state index contributed by atoms with van der Waals surface area (Å²) in [5.74, 6) is -0.0216. The number of carbonyl (C=O) groups excluding carboxylic acids is 1. The molecule has 0 saturated heterocycles. The van der Waals surface area contributed by atoms with E-state index in [2.05, 4.69) is 5.32 Å². The van der Waals surface area contributed by atoms with Crippen LogP contribution in [-0.4, -0.2) is 5.91 Å². The minimum absolute atomic E-state index is 0.0216. The van der Waals surface area contributed by atoms with Gasteiger partial charge >= 0.3 is 0 Å². The smallest absolute Gasteiger partial charge is 0.228 e. The van der Waals surface area contributed by atoms with Gasteiger partial charge < -0.3 is 5.32 Å². The summed E-state index contributed by atoms with van der Waals surface area (Å²) in [5, 5.41) is 3.65. The molecule has 1 heterocycles. The van der Waals surface area contributed by atoms with Gasteiger partial charge in [0.15, 0.2) is 0 Å². The van der Waals surface area contributed by atoms with Crippen molar-refractivity contribution in [2.45, 2.75) is 18.7 Å². The molecule has 21 heavy (non-hydrogen) atoms. The van der Waals surface area contributed by atoms with Gasteiger partial charge in [-0.2, -0.15) is 0 Å². The molecule has 1 aliphatic heterocycles. The molecule has 0 bridgehead atoms. The first-order chi connectivity index (χ1) is 9.95. The zero-order valence-electron chi connectivity index (χ0n) is 11.2. The van der Waals surface area contributed by atoms with E-state index < -0.39 is 0 Å². The van der Waals surface area contributed by atoms with Crippen LogP contribution in [0.2, 0.25) is 10.0 Å². The van der Waals surface area contributed by atoms with Gasteiger partial charge in [-0.1, -0.05) is 35.3 Å². The number of alkyl halides is 1. The predicted molar refractivity (Wildman–Crippen MR) is 87.7 cm³/mol. The largest absolute Gasteiger partial charge is 0.325 e. The highest BCUT2D eigenvalue weighted by molar-refractivity contribution is 6.34. The second-order valence-corrected chi connectivity index (χ2v) is 6.38. The highest BCUT2D eigenvalue weighted by atomic mass is 35.5. The molecule has 1 atom stereocenters. The molecule has 1 amide bonds. The summed E-state index contributed by atoms with van der Waals surface area (Å²) >= 11 is 18.9. The maximum absolute atomic E-state index is 11.4. The molecule has 1 aliphatic rings. The fraction of sp³-hybridized carbons (Fsp3) is 0.188. The van der Waals surface area contributed by atoms with Gasteiger partial charge in [0.1, 0.15) is 0 Å². The molecule has 108 valence electrons. The van der Waals surface area contributed by atoms with E-state index in [9.17, 15) is 4.79 Å². The van der Waals surface area contributed by atoms with Crippen molar-refractivity contribution in [2.75, 3.05) is 5.32 Å².